The molecule has 0 aliphatic carbocycles. The van der Waals surface area contributed by atoms with Gasteiger partial charge in [0.2, 0.25) is 0 Å². The summed E-state index contributed by atoms with van der Waals surface area (Å²) in [4.78, 5) is 8.00. The highest BCUT2D eigenvalue weighted by Gasteiger charge is 1.98. The first-order valence-corrected chi connectivity index (χ1v) is 5.45. The van der Waals surface area contributed by atoms with E-state index in [-0.39, 0.29) is 6.61 Å². The summed E-state index contributed by atoms with van der Waals surface area (Å²) < 4.78 is 0. The second-order valence-electron chi connectivity index (χ2n) is 3.43. The molecule has 4 heteroatoms. The van der Waals surface area contributed by atoms with Crippen molar-refractivity contribution in [3.8, 4) is 0 Å². The van der Waals surface area contributed by atoms with Gasteiger partial charge >= 0.3 is 0 Å². The molecule has 0 bridgehead atoms. The lowest BCUT2D eigenvalue weighted by Crippen LogP contribution is -2.10. The number of aliphatic hydroxyl groups is 1. The van der Waals surface area contributed by atoms with E-state index in [2.05, 4.69) is 10.9 Å². The van der Waals surface area contributed by atoms with Gasteiger partial charge in [-0.1, -0.05) is 36.4 Å². The van der Waals surface area contributed by atoms with E-state index in [1.165, 1.54) is 0 Å². The van der Waals surface area contributed by atoms with Crippen LogP contribution in [0.4, 0.5) is 11.4 Å². The molecule has 0 heterocycles. The molecule has 4 nitrogen and oxygen atoms in total. The second-order valence-corrected chi connectivity index (χ2v) is 3.43. The van der Waals surface area contributed by atoms with Gasteiger partial charge in [-0.3, -0.25) is 0 Å². The summed E-state index contributed by atoms with van der Waals surface area (Å²) in [6.07, 6.45) is 0. The van der Waals surface area contributed by atoms with Gasteiger partial charge in [0, 0.05) is 5.56 Å². The number of carbonyl (C=O) groups is 1. The van der Waals surface area contributed by atoms with Gasteiger partial charge < -0.3 is 20.8 Å². The SMILES string of the molecule is C=O.OCc1ccccc1NNc1ccccc1. The third kappa shape index (κ3) is 3.92. The van der Waals surface area contributed by atoms with Gasteiger partial charge in [0.15, 0.2) is 0 Å². The van der Waals surface area contributed by atoms with Crippen molar-refractivity contribution >= 4 is 18.2 Å². The fourth-order valence-electron chi connectivity index (χ4n) is 1.44. The van der Waals surface area contributed by atoms with Crippen LogP contribution in [-0.4, -0.2) is 11.9 Å². The fraction of sp³-hybridized carbons (Fsp3) is 0.0714. The van der Waals surface area contributed by atoms with Crippen LogP contribution in [0, 0.1) is 0 Å². The van der Waals surface area contributed by atoms with Crippen molar-refractivity contribution in [2.24, 2.45) is 0 Å². The summed E-state index contributed by atoms with van der Waals surface area (Å²) in [6.45, 7) is 2.03. The molecule has 94 valence electrons. The summed E-state index contributed by atoms with van der Waals surface area (Å²) in [6, 6.07) is 17.4. The Hall–Kier alpha value is -2.33. The van der Waals surface area contributed by atoms with E-state index in [9.17, 15) is 0 Å². The molecule has 0 amide bonds. The highest BCUT2D eigenvalue weighted by molar-refractivity contribution is 5.56. The van der Waals surface area contributed by atoms with E-state index in [1.54, 1.807) is 0 Å². The van der Waals surface area contributed by atoms with Crippen molar-refractivity contribution in [2.45, 2.75) is 6.61 Å². The Kier molecular flexibility index (Phi) is 6.00. The smallest absolute Gasteiger partial charge is 0.106 e. The van der Waals surface area contributed by atoms with Gasteiger partial charge in [-0.25, -0.2) is 0 Å². The summed E-state index contributed by atoms with van der Waals surface area (Å²) in [5, 5.41) is 9.15. The number of aliphatic hydroxyl groups excluding tert-OH is 1. The van der Waals surface area contributed by atoms with Crippen LogP contribution < -0.4 is 10.9 Å². The monoisotopic (exact) mass is 244 g/mol. The average molecular weight is 244 g/mol. The van der Waals surface area contributed by atoms with Crippen molar-refractivity contribution < 1.29 is 9.90 Å². The molecule has 0 atom stereocenters. The minimum atomic E-state index is 0.0274. The van der Waals surface area contributed by atoms with Crippen molar-refractivity contribution in [3.63, 3.8) is 0 Å². The maximum Gasteiger partial charge on any atom is 0.106 e. The Morgan fingerprint density at radius 1 is 0.889 bits per heavy atom. The van der Waals surface area contributed by atoms with Crippen LogP contribution in [0.3, 0.4) is 0 Å². The topological polar surface area (TPSA) is 61.4 Å². The molecule has 2 aromatic carbocycles. The Balaban J connectivity index is 0.000000771. The summed E-state index contributed by atoms with van der Waals surface area (Å²) >= 11 is 0. The highest BCUT2D eigenvalue weighted by atomic mass is 16.3. The number of hydrazine groups is 1. The molecule has 2 rings (SSSR count). The predicted octanol–water partition coefficient (Wildman–Crippen LogP) is 2.43. The predicted molar refractivity (Wildman–Crippen MR) is 73.2 cm³/mol. The maximum atomic E-state index is 9.15. The largest absolute Gasteiger partial charge is 0.392 e. The first-order valence-electron chi connectivity index (χ1n) is 5.45. The highest BCUT2D eigenvalue weighted by Crippen LogP contribution is 2.15. The van der Waals surface area contributed by atoms with Crippen LogP contribution in [0.2, 0.25) is 0 Å². The van der Waals surface area contributed by atoms with Crippen LogP contribution in [-0.2, 0) is 11.4 Å². The molecule has 0 aromatic heterocycles. The summed E-state index contributed by atoms with van der Waals surface area (Å²) in [7, 11) is 0. The van der Waals surface area contributed by atoms with E-state index in [1.807, 2.05) is 61.4 Å². The van der Waals surface area contributed by atoms with Gasteiger partial charge in [-0.15, -0.1) is 0 Å². The number of para-hydroxylation sites is 2. The Bertz CT molecular complexity index is 460. The number of hydrogen-bond donors (Lipinski definition) is 3. The molecular weight excluding hydrogens is 228 g/mol. The third-order valence-electron chi connectivity index (χ3n) is 2.30. The van der Waals surface area contributed by atoms with Gasteiger partial charge in [0.05, 0.1) is 18.0 Å². The number of rotatable bonds is 4. The molecule has 0 saturated carbocycles. The van der Waals surface area contributed by atoms with Crippen molar-refractivity contribution in [3.05, 3.63) is 60.2 Å². The lowest BCUT2D eigenvalue weighted by molar-refractivity contribution is -0.0979. The third-order valence-corrected chi connectivity index (χ3v) is 2.30. The number of carbonyl (C=O) groups excluding carboxylic acids is 1. The Morgan fingerprint density at radius 3 is 2.17 bits per heavy atom. The van der Waals surface area contributed by atoms with Crippen LogP contribution >= 0.6 is 0 Å². The van der Waals surface area contributed by atoms with E-state index < -0.39 is 0 Å². The number of benzene rings is 2. The van der Waals surface area contributed by atoms with Gasteiger partial charge in [0.25, 0.3) is 0 Å². The second kappa shape index (κ2) is 7.86. The summed E-state index contributed by atoms with van der Waals surface area (Å²) in [5.74, 6) is 0. The fourth-order valence-corrected chi connectivity index (χ4v) is 1.44. The van der Waals surface area contributed by atoms with Crippen molar-refractivity contribution in [1.82, 2.24) is 0 Å². The molecule has 0 aliphatic rings. The van der Waals surface area contributed by atoms with Crippen LogP contribution in [0.1, 0.15) is 5.56 Å². The zero-order chi connectivity index (χ0) is 13.2. The zero-order valence-electron chi connectivity index (χ0n) is 9.97. The maximum absolute atomic E-state index is 9.15. The normalized spacial score (nSPS) is 8.94. The molecule has 3 N–H and O–H groups in total. The molecule has 2 aromatic rings. The van der Waals surface area contributed by atoms with Gasteiger partial charge in [-0.2, -0.15) is 0 Å². The molecule has 0 unspecified atom stereocenters. The van der Waals surface area contributed by atoms with Crippen LogP contribution in [0.5, 0.6) is 0 Å². The van der Waals surface area contributed by atoms with Crippen LogP contribution in [0.25, 0.3) is 0 Å². The lowest BCUT2D eigenvalue weighted by atomic mass is 10.2. The van der Waals surface area contributed by atoms with Gasteiger partial charge in [0.1, 0.15) is 6.79 Å². The molecule has 0 fully saturated rings. The minimum Gasteiger partial charge on any atom is -0.392 e. The van der Waals surface area contributed by atoms with E-state index in [0.717, 1.165) is 16.9 Å². The molecule has 0 aliphatic heterocycles. The van der Waals surface area contributed by atoms with Gasteiger partial charge in [-0.05, 0) is 18.2 Å². The minimum absolute atomic E-state index is 0.0274. The molecule has 0 saturated heterocycles. The lowest BCUT2D eigenvalue weighted by Gasteiger charge is -2.12. The molecule has 0 radical (unpaired) electrons. The molecule has 18 heavy (non-hydrogen) atoms. The average Bonchev–Trinajstić information content (AvgIpc) is 2.48. The number of anilines is 2. The quantitative estimate of drug-likeness (QED) is 0.723. The van der Waals surface area contributed by atoms with Crippen molar-refractivity contribution in [2.75, 3.05) is 10.9 Å². The van der Waals surface area contributed by atoms with E-state index in [0.29, 0.717) is 0 Å². The standard InChI is InChI=1S/C13H14N2O.CH2O/c16-10-11-6-4-5-9-13(11)15-14-12-7-2-1-3-8-12;1-2/h1-9,14-16H,10H2;1H2. The molecule has 0 spiro atoms. The van der Waals surface area contributed by atoms with Crippen molar-refractivity contribution in [1.29, 1.82) is 0 Å². The first kappa shape index (κ1) is 13.7. The Morgan fingerprint density at radius 2 is 1.50 bits per heavy atom. The zero-order valence-corrected chi connectivity index (χ0v) is 9.97. The first-order chi connectivity index (χ1) is 8.90. The number of hydrogen-bond acceptors (Lipinski definition) is 4. The Labute approximate surface area is 106 Å². The molecular formula is C14H16N2O2. The summed E-state index contributed by atoms with van der Waals surface area (Å²) in [5.41, 5.74) is 8.88. The van der Waals surface area contributed by atoms with E-state index in [4.69, 9.17) is 9.90 Å². The van der Waals surface area contributed by atoms with Crippen LogP contribution in [0.15, 0.2) is 54.6 Å². The van der Waals surface area contributed by atoms with E-state index >= 15 is 0 Å². The number of nitrogens with one attached hydrogen (secondary N) is 2.